The van der Waals surface area contributed by atoms with E-state index in [9.17, 15) is 4.79 Å². The van der Waals surface area contributed by atoms with Crippen LogP contribution in [-0.4, -0.2) is 10.8 Å². The fraction of sp³-hybridized carbons (Fsp3) is 0.273. The minimum atomic E-state index is 0.234. The van der Waals surface area contributed by atoms with E-state index in [1.54, 1.807) is 12.3 Å². The molecule has 0 aromatic carbocycles. The van der Waals surface area contributed by atoms with Gasteiger partial charge in [0.1, 0.15) is 0 Å². The Morgan fingerprint density at radius 1 is 1.38 bits per heavy atom. The molecule has 0 bridgehead atoms. The zero-order chi connectivity index (χ0) is 9.26. The van der Waals surface area contributed by atoms with Crippen LogP contribution in [0, 0.1) is 6.92 Å². The van der Waals surface area contributed by atoms with Gasteiger partial charge in [-0.3, -0.25) is 9.78 Å². The Balaban J connectivity index is 2.41. The zero-order valence-electron chi connectivity index (χ0n) is 7.58. The normalized spacial score (nSPS) is 16.1. The molecule has 1 heterocycles. The summed E-state index contributed by atoms with van der Waals surface area (Å²) < 4.78 is 0. The molecule has 66 valence electrons. The van der Waals surface area contributed by atoms with Gasteiger partial charge < -0.3 is 0 Å². The van der Waals surface area contributed by atoms with Gasteiger partial charge in [0, 0.05) is 18.8 Å². The van der Waals surface area contributed by atoms with Gasteiger partial charge in [-0.15, -0.1) is 0 Å². The van der Waals surface area contributed by atoms with Gasteiger partial charge in [-0.25, -0.2) is 0 Å². The predicted octanol–water partition coefficient (Wildman–Crippen LogP) is 2.14. The molecular weight excluding hydrogens is 162 g/mol. The van der Waals surface area contributed by atoms with Gasteiger partial charge in [0.15, 0.2) is 5.78 Å². The summed E-state index contributed by atoms with van der Waals surface area (Å²) in [7, 11) is 0. The van der Waals surface area contributed by atoms with Crippen molar-refractivity contribution in [2.24, 2.45) is 0 Å². The number of ketones is 1. The minimum absolute atomic E-state index is 0.234. The molecule has 0 radical (unpaired) electrons. The fourth-order valence-corrected chi connectivity index (χ4v) is 1.61. The third kappa shape index (κ3) is 1.52. The van der Waals surface area contributed by atoms with Gasteiger partial charge >= 0.3 is 0 Å². The van der Waals surface area contributed by atoms with Crippen LogP contribution in [0.4, 0.5) is 0 Å². The summed E-state index contributed by atoms with van der Waals surface area (Å²) in [4.78, 5) is 15.1. The molecule has 1 aliphatic carbocycles. The topological polar surface area (TPSA) is 30.0 Å². The number of allylic oxidation sites excluding steroid dienone is 2. The Labute approximate surface area is 77.3 Å². The highest BCUT2D eigenvalue weighted by molar-refractivity contribution is 6.01. The molecule has 0 amide bonds. The van der Waals surface area contributed by atoms with Crippen molar-refractivity contribution in [3.05, 3.63) is 35.7 Å². The molecule has 0 saturated heterocycles. The number of carbonyl (C=O) groups is 1. The van der Waals surface area contributed by atoms with Crippen molar-refractivity contribution in [1.29, 1.82) is 0 Å². The van der Waals surface area contributed by atoms with E-state index in [0.29, 0.717) is 6.42 Å². The van der Waals surface area contributed by atoms with Crippen molar-refractivity contribution in [3.8, 4) is 0 Å². The molecule has 0 spiro atoms. The number of nitrogens with zero attached hydrogens (tertiary/aromatic N) is 1. The largest absolute Gasteiger partial charge is 0.295 e. The van der Waals surface area contributed by atoms with E-state index in [-0.39, 0.29) is 5.78 Å². The van der Waals surface area contributed by atoms with E-state index in [1.807, 2.05) is 19.2 Å². The van der Waals surface area contributed by atoms with Crippen molar-refractivity contribution >= 4 is 11.4 Å². The van der Waals surface area contributed by atoms with E-state index in [2.05, 4.69) is 4.98 Å². The summed E-state index contributed by atoms with van der Waals surface area (Å²) in [6.45, 7) is 2.04. The van der Waals surface area contributed by atoms with Crippen LogP contribution in [0.15, 0.2) is 24.5 Å². The second-order valence-electron chi connectivity index (χ2n) is 3.33. The molecule has 0 aliphatic heterocycles. The summed E-state index contributed by atoms with van der Waals surface area (Å²) in [6.07, 6.45) is 6.87. The lowest BCUT2D eigenvalue weighted by Gasteiger charge is -2.03. The molecule has 0 atom stereocenters. The third-order valence-electron chi connectivity index (χ3n) is 2.36. The molecule has 1 aliphatic rings. The molecule has 1 aromatic rings. The number of carbonyl (C=O) groups excluding carboxylic acids is 1. The average molecular weight is 173 g/mol. The van der Waals surface area contributed by atoms with Crippen molar-refractivity contribution in [2.45, 2.75) is 19.8 Å². The monoisotopic (exact) mass is 173 g/mol. The van der Waals surface area contributed by atoms with Crippen molar-refractivity contribution in [3.63, 3.8) is 0 Å². The first kappa shape index (κ1) is 8.17. The van der Waals surface area contributed by atoms with Gasteiger partial charge in [-0.05, 0) is 42.2 Å². The summed E-state index contributed by atoms with van der Waals surface area (Å²) in [5.74, 6) is 0.234. The van der Waals surface area contributed by atoms with Crippen molar-refractivity contribution in [2.75, 3.05) is 0 Å². The summed E-state index contributed by atoms with van der Waals surface area (Å²) in [6, 6.07) is 1.97. The Morgan fingerprint density at radius 2 is 2.23 bits per heavy atom. The maximum atomic E-state index is 11.0. The molecule has 2 heteroatoms. The van der Waals surface area contributed by atoms with Crippen molar-refractivity contribution < 1.29 is 4.79 Å². The Bertz CT molecular complexity index is 379. The molecule has 1 aromatic heterocycles. The Morgan fingerprint density at radius 3 is 2.85 bits per heavy atom. The third-order valence-corrected chi connectivity index (χ3v) is 2.36. The standard InChI is InChI=1S/C11H11NO/c1-8-4-5-12-7-11(8)9-2-3-10(13)6-9/h4-7H,2-3H2,1H3. The van der Waals surface area contributed by atoms with Crippen LogP contribution < -0.4 is 0 Å². The minimum Gasteiger partial charge on any atom is -0.295 e. The number of hydrogen-bond donors (Lipinski definition) is 0. The number of aryl methyl sites for hydroxylation is 1. The predicted molar refractivity (Wildman–Crippen MR) is 51.2 cm³/mol. The van der Waals surface area contributed by atoms with Crippen LogP contribution in [0.2, 0.25) is 0 Å². The van der Waals surface area contributed by atoms with Gasteiger partial charge in [-0.2, -0.15) is 0 Å². The summed E-state index contributed by atoms with van der Waals surface area (Å²) >= 11 is 0. The van der Waals surface area contributed by atoms with Crippen LogP contribution in [0.1, 0.15) is 24.0 Å². The summed E-state index contributed by atoms with van der Waals surface area (Å²) in [5.41, 5.74) is 3.44. The Kier molecular flexibility index (Phi) is 1.97. The van der Waals surface area contributed by atoms with Gasteiger partial charge in [-0.1, -0.05) is 0 Å². The maximum absolute atomic E-state index is 11.0. The van der Waals surface area contributed by atoms with E-state index in [0.717, 1.165) is 17.6 Å². The Hall–Kier alpha value is -1.44. The lowest BCUT2D eigenvalue weighted by atomic mass is 10.0. The highest BCUT2D eigenvalue weighted by atomic mass is 16.1. The van der Waals surface area contributed by atoms with E-state index >= 15 is 0 Å². The second-order valence-corrected chi connectivity index (χ2v) is 3.33. The highest BCUT2D eigenvalue weighted by Crippen LogP contribution is 2.27. The SMILES string of the molecule is Cc1ccncc1C1=CC(=O)CC1. The van der Waals surface area contributed by atoms with E-state index in [1.165, 1.54) is 5.56 Å². The highest BCUT2D eigenvalue weighted by Gasteiger charge is 2.14. The molecule has 0 fully saturated rings. The van der Waals surface area contributed by atoms with Crippen LogP contribution in [0.25, 0.3) is 5.57 Å². The molecular formula is C11H11NO. The average Bonchev–Trinajstić information content (AvgIpc) is 2.53. The molecule has 0 unspecified atom stereocenters. The zero-order valence-corrected chi connectivity index (χ0v) is 7.58. The maximum Gasteiger partial charge on any atom is 0.156 e. The number of rotatable bonds is 1. The lowest BCUT2D eigenvalue weighted by Crippen LogP contribution is -1.87. The number of hydrogen-bond acceptors (Lipinski definition) is 2. The van der Waals surface area contributed by atoms with Crippen LogP contribution in [0.5, 0.6) is 0 Å². The van der Waals surface area contributed by atoms with Gasteiger partial charge in [0.2, 0.25) is 0 Å². The molecule has 2 nitrogen and oxygen atoms in total. The molecule has 0 saturated carbocycles. The molecule has 2 rings (SSSR count). The van der Waals surface area contributed by atoms with Crippen LogP contribution in [-0.2, 0) is 4.79 Å². The van der Waals surface area contributed by atoms with E-state index in [4.69, 9.17) is 0 Å². The van der Waals surface area contributed by atoms with Gasteiger partial charge in [0.05, 0.1) is 0 Å². The first-order valence-electron chi connectivity index (χ1n) is 4.42. The molecule has 0 N–H and O–H groups in total. The van der Waals surface area contributed by atoms with Gasteiger partial charge in [0.25, 0.3) is 0 Å². The summed E-state index contributed by atoms with van der Waals surface area (Å²) in [5, 5.41) is 0. The fourth-order valence-electron chi connectivity index (χ4n) is 1.61. The second kappa shape index (κ2) is 3.13. The first-order chi connectivity index (χ1) is 6.27. The van der Waals surface area contributed by atoms with Crippen LogP contribution in [0.3, 0.4) is 0 Å². The van der Waals surface area contributed by atoms with Crippen molar-refractivity contribution in [1.82, 2.24) is 4.98 Å². The van der Waals surface area contributed by atoms with E-state index < -0.39 is 0 Å². The smallest absolute Gasteiger partial charge is 0.156 e. The first-order valence-corrected chi connectivity index (χ1v) is 4.42. The quantitative estimate of drug-likeness (QED) is 0.651. The van der Waals surface area contributed by atoms with Crippen LogP contribution >= 0.6 is 0 Å². The number of aromatic nitrogens is 1. The number of pyridine rings is 1. The lowest BCUT2D eigenvalue weighted by molar-refractivity contribution is -0.114. The molecule has 13 heavy (non-hydrogen) atoms.